The van der Waals surface area contributed by atoms with Gasteiger partial charge < -0.3 is 5.32 Å². The van der Waals surface area contributed by atoms with Gasteiger partial charge in [0, 0.05) is 11.0 Å². The summed E-state index contributed by atoms with van der Waals surface area (Å²) in [6.45, 7) is 1.90. The SMILES string of the molecule is Cc1ccsc1/C=C\C(=O)Nc1ccccc1C(F)(F)F. The lowest BCUT2D eigenvalue weighted by atomic mass is 10.1. The van der Waals surface area contributed by atoms with Gasteiger partial charge in [0.2, 0.25) is 5.91 Å². The van der Waals surface area contributed by atoms with Crippen LogP contribution in [0.4, 0.5) is 18.9 Å². The van der Waals surface area contributed by atoms with Gasteiger partial charge in [-0.05, 0) is 42.1 Å². The van der Waals surface area contributed by atoms with Gasteiger partial charge in [0.25, 0.3) is 0 Å². The molecule has 0 fully saturated rings. The van der Waals surface area contributed by atoms with E-state index in [9.17, 15) is 18.0 Å². The van der Waals surface area contributed by atoms with Crippen molar-refractivity contribution in [3.8, 4) is 0 Å². The van der Waals surface area contributed by atoms with Crippen LogP contribution in [0, 0.1) is 6.92 Å². The Hall–Kier alpha value is -2.08. The first-order valence-corrected chi connectivity index (χ1v) is 6.95. The van der Waals surface area contributed by atoms with E-state index >= 15 is 0 Å². The lowest BCUT2D eigenvalue weighted by Crippen LogP contribution is -2.14. The maximum absolute atomic E-state index is 12.8. The maximum Gasteiger partial charge on any atom is 0.418 e. The van der Waals surface area contributed by atoms with Gasteiger partial charge in [-0.25, -0.2) is 0 Å². The smallest absolute Gasteiger partial charge is 0.322 e. The number of carbonyl (C=O) groups excluding carboxylic acids is 1. The minimum Gasteiger partial charge on any atom is -0.322 e. The number of aryl methyl sites for hydroxylation is 1. The highest BCUT2D eigenvalue weighted by molar-refractivity contribution is 7.11. The van der Waals surface area contributed by atoms with Crippen molar-refractivity contribution in [1.82, 2.24) is 0 Å². The lowest BCUT2D eigenvalue weighted by molar-refractivity contribution is -0.136. The van der Waals surface area contributed by atoms with Gasteiger partial charge in [0.05, 0.1) is 11.3 Å². The van der Waals surface area contributed by atoms with Crippen molar-refractivity contribution in [2.24, 2.45) is 0 Å². The Morgan fingerprint density at radius 3 is 2.57 bits per heavy atom. The number of amides is 1. The van der Waals surface area contributed by atoms with Gasteiger partial charge in [-0.1, -0.05) is 12.1 Å². The van der Waals surface area contributed by atoms with Gasteiger partial charge in [-0.3, -0.25) is 4.79 Å². The minimum absolute atomic E-state index is 0.248. The van der Waals surface area contributed by atoms with Crippen LogP contribution in [0.5, 0.6) is 0 Å². The summed E-state index contributed by atoms with van der Waals surface area (Å²) in [5, 5.41) is 4.14. The normalized spacial score (nSPS) is 11.8. The Bertz CT molecular complexity index is 674. The van der Waals surface area contributed by atoms with Crippen LogP contribution in [0.1, 0.15) is 16.0 Å². The fraction of sp³-hybridized carbons (Fsp3) is 0.133. The van der Waals surface area contributed by atoms with Crippen molar-refractivity contribution in [2.45, 2.75) is 13.1 Å². The molecule has 0 radical (unpaired) electrons. The molecule has 0 saturated carbocycles. The highest BCUT2D eigenvalue weighted by Crippen LogP contribution is 2.34. The summed E-state index contributed by atoms with van der Waals surface area (Å²) in [6.07, 6.45) is -1.69. The number of para-hydroxylation sites is 1. The van der Waals surface area contributed by atoms with Gasteiger partial charge in [-0.2, -0.15) is 13.2 Å². The first kappa shape index (κ1) is 15.3. The second-order valence-electron chi connectivity index (χ2n) is 4.33. The number of rotatable bonds is 3. The van der Waals surface area contributed by atoms with E-state index < -0.39 is 17.6 Å². The fourth-order valence-corrected chi connectivity index (χ4v) is 2.54. The largest absolute Gasteiger partial charge is 0.418 e. The second-order valence-corrected chi connectivity index (χ2v) is 5.28. The number of alkyl halides is 3. The van der Waals surface area contributed by atoms with Gasteiger partial charge in [0.1, 0.15) is 0 Å². The number of thiophene rings is 1. The highest BCUT2D eigenvalue weighted by Gasteiger charge is 2.33. The average Bonchev–Trinajstić information content (AvgIpc) is 2.81. The lowest BCUT2D eigenvalue weighted by Gasteiger charge is -2.12. The monoisotopic (exact) mass is 311 g/mol. The molecule has 0 aliphatic carbocycles. The molecule has 1 aromatic heterocycles. The van der Waals surface area contributed by atoms with E-state index in [4.69, 9.17) is 0 Å². The molecular formula is C15H12F3NOS. The molecule has 0 aliphatic rings. The molecule has 110 valence electrons. The Kier molecular flexibility index (Phi) is 4.47. The third kappa shape index (κ3) is 3.95. The number of carbonyl (C=O) groups is 1. The molecule has 1 amide bonds. The number of hydrogen-bond donors (Lipinski definition) is 1. The van der Waals surface area contributed by atoms with E-state index in [1.165, 1.54) is 35.6 Å². The molecule has 2 nitrogen and oxygen atoms in total. The van der Waals surface area contributed by atoms with Crippen LogP contribution >= 0.6 is 11.3 Å². The zero-order valence-corrected chi connectivity index (χ0v) is 11.9. The van der Waals surface area contributed by atoms with Gasteiger partial charge >= 0.3 is 6.18 Å². The van der Waals surface area contributed by atoms with E-state index in [0.29, 0.717) is 0 Å². The molecular weight excluding hydrogens is 299 g/mol. The molecule has 0 aliphatic heterocycles. The number of halogens is 3. The molecule has 0 atom stereocenters. The summed E-state index contributed by atoms with van der Waals surface area (Å²) in [5.41, 5.74) is -0.0960. The molecule has 2 rings (SSSR count). The van der Waals surface area contributed by atoms with Gasteiger partial charge in [-0.15, -0.1) is 11.3 Å². The number of hydrogen-bond acceptors (Lipinski definition) is 2. The Morgan fingerprint density at radius 1 is 1.24 bits per heavy atom. The van der Waals surface area contributed by atoms with Crippen LogP contribution in [0.25, 0.3) is 6.08 Å². The Balaban J connectivity index is 2.14. The number of anilines is 1. The first-order valence-electron chi connectivity index (χ1n) is 6.07. The van der Waals surface area contributed by atoms with Crippen LogP contribution in [0.3, 0.4) is 0 Å². The third-order valence-electron chi connectivity index (χ3n) is 2.78. The molecule has 0 spiro atoms. The van der Waals surface area contributed by atoms with Crippen LogP contribution < -0.4 is 5.32 Å². The molecule has 1 heterocycles. The molecule has 0 unspecified atom stereocenters. The molecule has 6 heteroatoms. The Labute approximate surface area is 123 Å². The predicted octanol–water partition coefficient (Wildman–Crippen LogP) is 4.73. The van der Waals surface area contributed by atoms with Crippen LogP contribution in [-0.2, 0) is 11.0 Å². The topological polar surface area (TPSA) is 29.1 Å². The summed E-state index contributed by atoms with van der Waals surface area (Å²) in [7, 11) is 0. The van der Waals surface area contributed by atoms with Crippen LogP contribution in [-0.4, -0.2) is 5.91 Å². The quantitative estimate of drug-likeness (QED) is 0.816. The van der Waals surface area contributed by atoms with E-state index in [1.807, 2.05) is 18.4 Å². The van der Waals surface area contributed by atoms with E-state index in [0.717, 1.165) is 16.5 Å². The zero-order valence-electron chi connectivity index (χ0n) is 11.1. The average molecular weight is 311 g/mol. The predicted molar refractivity (Wildman–Crippen MR) is 78.2 cm³/mol. The number of benzene rings is 1. The molecule has 21 heavy (non-hydrogen) atoms. The summed E-state index contributed by atoms with van der Waals surface area (Å²) in [5.74, 6) is -0.598. The minimum atomic E-state index is -4.50. The second kappa shape index (κ2) is 6.13. The first-order chi connectivity index (χ1) is 9.88. The molecule has 0 saturated heterocycles. The maximum atomic E-state index is 12.8. The summed E-state index contributed by atoms with van der Waals surface area (Å²) >= 11 is 1.46. The molecule has 2 aromatic rings. The van der Waals surface area contributed by atoms with Crippen LogP contribution in [0.2, 0.25) is 0 Å². The van der Waals surface area contributed by atoms with Crippen molar-refractivity contribution in [2.75, 3.05) is 5.32 Å². The third-order valence-corrected chi connectivity index (χ3v) is 3.76. The summed E-state index contributed by atoms with van der Waals surface area (Å²) in [4.78, 5) is 12.6. The standard InChI is InChI=1S/C15H12F3NOS/c1-10-8-9-21-13(10)6-7-14(20)19-12-5-3-2-4-11(12)15(16,17)18/h2-9H,1H3,(H,19,20)/b7-6-. The Morgan fingerprint density at radius 2 is 1.95 bits per heavy atom. The highest BCUT2D eigenvalue weighted by atomic mass is 32.1. The van der Waals surface area contributed by atoms with Crippen molar-refractivity contribution in [3.63, 3.8) is 0 Å². The van der Waals surface area contributed by atoms with E-state index in [2.05, 4.69) is 5.32 Å². The van der Waals surface area contributed by atoms with Crippen molar-refractivity contribution < 1.29 is 18.0 Å². The molecule has 1 N–H and O–H groups in total. The fourth-order valence-electron chi connectivity index (χ4n) is 1.72. The van der Waals surface area contributed by atoms with Crippen molar-refractivity contribution in [1.29, 1.82) is 0 Å². The molecule has 1 aromatic carbocycles. The van der Waals surface area contributed by atoms with E-state index in [1.54, 1.807) is 6.08 Å². The summed E-state index contributed by atoms with van der Waals surface area (Å²) < 4.78 is 38.4. The summed E-state index contributed by atoms with van der Waals surface area (Å²) in [6, 6.07) is 6.79. The van der Waals surface area contributed by atoms with Crippen molar-refractivity contribution in [3.05, 3.63) is 57.8 Å². The number of nitrogens with one attached hydrogen (secondary N) is 1. The van der Waals surface area contributed by atoms with E-state index in [-0.39, 0.29) is 5.69 Å². The van der Waals surface area contributed by atoms with Gasteiger partial charge in [0.15, 0.2) is 0 Å². The molecule has 0 bridgehead atoms. The van der Waals surface area contributed by atoms with Crippen molar-refractivity contribution >= 4 is 29.0 Å². The van der Waals surface area contributed by atoms with Crippen LogP contribution in [0.15, 0.2) is 41.8 Å². The zero-order chi connectivity index (χ0) is 15.5.